The first-order valence-electron chi connectivity index (χ1n) is 6.31. The van der Waals surface area contributed by atoms with Crippen molar-refractivity contribution in [3.05, 3.63) is 52.5 Å². The molecular formula is C16H14BrNO3. The van der Waals surface area contributed by atoms with Gasteiger partial charge in [0.1, 0.15) is 30.5 Å². The van der Waals surface area contributed by atoms with Crippen molar-refractivity contribution in [1.29, 1.82) is 5.26 Å². The molecule has 0 aromatic heterocycles. The van der Waals surface area contributed by atoms with Crippen molar-refractivity contribution in [3.8, 4) is 23.3 Å². The average molecular weight is 348 g/mol. The number of hydrogen-bond acceptors (Lipinski definition) is 4. The molecule has 0 saturated heterocycles. The second-order valence-corrected chi connectivity index (χ2v) is 5.08. The number of hydrogen-bond donors (Lipinski definition) is 0. The Kier molecular flexibility index (Phi) is 5.47. The molecule has 0 amide bonds. The Morgan fingerprint density at radius 1 is 1.00 bits per heavy atom. The number of ether oxygens (including phenoxy) is 3. The third-order valence-electron chi connectivity index (χ3n) is 2.66. The van der Waals surface area contributed by atoms with E-state index in [1.54, 1.807) is 25.3 Å². The number of rotatable bonds is 6. The molecule has 0 aliphatic carbocycles. The Morgan fingerprint density at radius 3 is 2.38 bits per heavy atom. The van der Waals surface area contributed by atoms with Gasteiger partial charge in [0.05, 0.1) is 18.7 Å². The van der Waals surface area contributed by atoms with Crippen LogP contribution in [0.1, 0.15) is 5.56 Å². The summed E-state index contributed by atoms with van der Waals surface area (Å²) in [5.41, 5.74) is 0.497. The minimum atomic E-state index is 0.380. The van der Waals surface area contributed by atoms with Gasteiger partial charge in [0, 0.05) is 10.5 Å². The second-order valence-electron chi connectivity index (χ2n) is 4.16. The third-order valence-corrected chi connectivity index (χ3v) is 3.15. The Labute approximate surface area is 132 Å². The molecule has 0 bridgehead atoms. The van der Waals surface area contributed by atoms with Gasteiger partial charge in [-0.15, -0.1) is 0 Å². The van der Waals surface area contributed by atoms with Gasteiger partial charge >= 0.3 is 0 Å². The Balaban J connectivity index is 1.87. The van der Waals surface area contributed by atoms with Crippen LogP contribution in [0.2, 0.25) is 0 Å². The summed E-state index contributed by atoms with van der Waals surface area (Å²) in [5.74, 6) is 1.96. The van der Waals surface area contributed by atoms with Crippen molar-refractivity contribution < 1.29 is 14.2 Å². The molecule has 0 saturated carbocycles. The molecule has 5 heteroatoms. The maximum absolute atomic E-state index is 8.94. The molecule has 0 heterocycles. The van der Waals surface area contributed by atoms with Crippen LogP contribution in [0.5, 0.6) is 17.2 Å². The zero-order valence-electron chi connectivity index (χ0n) is 11.5. The summed E-state index contributed by atoms with van der Waals surface area (Å²) in [7, 11) is 1.55. The van der Waals surface area contributed by atoms with Crippen LogP contribution in [0.25, 0.3) is 0 Å². The SMILES string of the molecule is COc1cc(C#N)cc(OCCOc2cccc(Br)c2)c1. The van der Waals surface area contributed by atoms with Gasteiger partial charge in [0.2, 0.25) is 0 Å². The zero-order chi connectivity index (χ0) is 15.1. The normalized spacial score (nSPS) is 9.76. The zero-order valence-corrected chi connectivity index (χ0v) is 13.1. The van der Waals surface area contributed by atoms with Crippen LogP contribution in [0.15, 0.2) is 46.9 Å². The maximum Gasteiger partial charge on any atom is 0.124 e. The second kappa shape index (κ2) is 7.55. The largest absolute Gasteiger partial charge is 0.497 e. The van der Waals surface area contributed by atoms with E-state index in [-0.39, 0.29) is 0 Å². The number of benzene rings is 2. The number of nitrogens with zero attached hydrogens (tertiary/aromatic N) is 1. The third kappa shape index (κ3) is 4.69. The van der Waals surface area contributed by atoms with Gasteiger partial charge in [-0.05, 0) is 30.3 Å². The van der Waals surface area contributed by atoms with Crippen molar-refractivity contribution in [3.63, 3.8) is 0 Å². The highest BCUT2D eigenvalue weighted by Crippen LogP contribution is 2.22. The lowest BCUT2D eigenvalue weighted by Gasteiger charge is -2.10. The van der Waals surface area contributed by atoms with Crippen molar-refractivity contribution in [2.45, 2.75) is 0 Å². The fourth-order valence-electron chi connectivity index (χ4n) is 1.71. The van der Waals surface area contributed by atoms with Crippen LogP contribution < -0.4 is 14.2 Å². The van der Waals surface area contributed by atoms with Crippen molar-refractivity contribution in [2.75, 3.05) is 20.3 Å². The smallest absolute Gasteiger partial charge is 0.124 e. The molecule has 0 N–H and O–H groups in total. The number of halogens is 1. The van der Waals surface area contributed by atoms with Crippen LogP contribution in [-0.4, -0.2) is 20.3 Å². The van der Waals surface area contributed by atoms with Gasteiger partial charge in [-0.3, -0.25) is 0 Å². The molecule has 2 aromatic carbocycles. The number of methoxy groups -OCH3 is 1. The summed E-state index contributed by atoms with van der Waals surface area (Å²) in [6.45, 7) is 0.792. The average Bonchev–Trinajstić information content (AvgIpc) is 2.51. The van der Waals surface area contributed by atoms with E-state index in [2.05, 4.69) is 22.0 Å². The molecule has 108 valence electrons. The van der Waals surface area contributed by atoms with Crippen LogP contribution in [0.4, 0.5) is 0 Å². The lowest BCUT2D eigenvalue weighted by Crippen LogP contribution is -2.09. The minimum Gasteiger partial charge on any atom is -0.497 e. The highest BCUT2D eigenvalue weighted by Gasteiger charge is 2.02. The van der Waals surface area contributed by atoms with E-state index in [4.69, 9.17) is 19.5 Å². The van der Waals surface area contributed by atoms with Crippen molar-refractivity contribution >= 4 is 15.9 Å². The fourth-order valence-corrected chi connectivity index (χ4v) is 2.09. The summed E-state index contributed by atoms with van der Waals surface area (Å²) in [5, 5.41) is 8.94. The van der Waals surface area contributed by atoms with Gasteiger partial charge in [-0.25, -0.2) is 0 Å². The van der Waals surface area contributed by atoms with E-state index in [1.165, 1.54) is 0 Å². The van der Waals surface area contributed by atoms with Crippen LogP contribution >= 0.6 is 15.9 Å². The summed E-state index contributed by atoms with van der Waals surface area (Å²) >= 11 is 3.38. The van der Waals surface area contributed by atoms with E-state index >= 15 is 0 Å². The predicted molar refractivity (Wildman–Crippen MR) is 82.8 cm³/mol. The van der Waals surface area contributed by atoms with E-state index in [0.29, 0.717) is 30.3 Å². The van der Waals surface area contributed by atoms with Crippen LogP contribution in [0, 0.1) is 11.3 Å². The molecule has 4 nitrogen and oxygen atoms in total. The lowest BCUT2D eigenvalue weighted by molar-refractivity contribution is 0.216. The fraction of sp³-hybridized carbons (Fsp3) is 0.188. The minimum absolute atomic E-state index is 0.380. The monoisotopic (exact) mass is 347 g/mol. The first kappa shape index (κ1) is 15.2. The van der Waals surface area contributed by atoms with E-state index in [0.717, 1.165) is 10.2 Å². The topological polar surface area (TPSA) is 51.5 Å². The van der Waals surface area contributed by atoms with E-state index in [1.807, 2.05) is 24.3 Å². The highest BCUT2D eigenvalue weighted by molar-refractivity contribution is 9.10. The highest BCUT2D eigenvalue weighted by atomic mass is 79.9. The molecule has 0 atom stereocenters. The summed E-state index contributed by atoms with van der Waals surface area (Å²) in [6.07, 6.45) is 0. The van der Waals surface area contributed by atoms with E-state index < -0.39 is 0 Å². The molecule has 0 aliphatic rings. The molecule has 0 radical (unpaired) electrons. The summed E-state index contributed by atoms with van der Waals surface area (Å²) in [6, 6.07) is 14.7. The summed E-state index contributed by atoms with van der Waals surface area (Å²) in [4.78, 5) is 0. The van der Waals surface area contributed by atoms with Gasteiger partial charge in [-0.1, -0.05) is 22.0 Å². The van der Waals surface area contributed by atoms with Crippen LogP contribution in [0.3, 0.4) is 0 Å². The Morgan fingerprint density at radius 2 is 1.71 bits per heavy atom. The molecule has 21 heavy (non-hydrogen) atoms. The molecule has 2 aromatic rings. The van der Waals surface area contributed by atoms with Crippen molar-refractivity contribution in [1.82, 2.24) is 0 Å². The van der Waals surface area contributed by atoms with Crippen LogP contribution in [-0.2, 0) is 0 Å². The quantitative estimate of drug-likeness (QED) is 0.746. The van der Waals surface area contributed by atoms with Gasteiger partial charge in [0.25, 0.3) is 0 Å². The first-order chi connectivity index (χ1) is 10.2. The molecule has 2 rings (SSSR count). The summed E-state index contributed by atoms with van der Waals surface area (Å²) < 4.78 is 17.2. The molecule has 0 unspecified atom stereocenters. The lowest BCUT2D eigenvalue weighted by atomic mass is 10.2. The first-order valence-corrected chi connectivity index (χ1v) is 7.11. The predicted octanol–water partition coefficient (Wildman–Crippen LogP) is 3.79. The van der Waals surface area contributed by atoms with E-state index in [9.17, 15) is 0 Å². The molecule has 0 aliphatic heterocycles. The maximum atomic E-state index is 8.94. The molecule has 0 fully saturated rings. The number of nitriles is 1. The standard InChI is InChI=1S/C16H14BrNO3/c1-19-15-7-12(11-18)8-16(10-15)21-6-5-20-14-4-2-3-13(17)9-14/h2-4,7-10H,5-6H2,1H3. The molecule has 0 spiro atoms. The van der Waals surface area contributed by atoms with Gasteiger partial charge in [0.15, 0.2) is 0 Å². The molecular weight excluding hydrogens is 334 g/mol. The Bertz CT molecular complexity index is 652. The van der Waals surface area contributed by atoms with Gasteiger partial charge < -0.3 is 14.2 Å². The Hall–Kier alpha value is -2.19. The van der Waals surface area contributed by atoms with Gasteiger partial charge in [-0.2, -0.15) is 5.26 Å². The van der Waals surface area contributed by atoms with Crippen molar-refractivity contribution in [2.24, 2.45) is 0 Å².